The average molecular weight is 465 g/mol. The Kier molecular flexibility index (Phi) is 15.1. The summed E-state index contributed by atoms with van der Waals surface area (Å²) in [5.74, 6) is 0.664. The zero-order valence-electron chi connectivity index (χ0n) is 17.9. The van der Waals surface area contributed by atoms with E-state index in [2.05, 4.69) is 40.0 Å². The molecule has 1 aromatic carbocycles. The zero-order valence-corrected chi connectivity index (χ0v) is 19.5. The van der Waals surface area contributed by atoms with Gasteiger partial charge in [-0.2, -0.15) is 5.10 Å². The van der Waals surface area contributed by atoms with Crippen LogP contribution in [0.3, 0.4) is 0 Å². The lowest BCUT2D eigenvalue weighted by atomic mass is 10.1. The number of hydrogen-bond donors (Lipinski definition) is 1. The summed E-state index contributed by atoms with van der Waals surface area (Å²) in [5, 5.41) is 4.07. The molecule has 0 radical (unpaired) electrons. The van der Waals surface area contributed by atoms with Gasteiger partial charge < -0.3 is 4.74 Å². The van der Waals surface area contributed by atoms with Gasteiger partial charge >= 0.3 is 0 Å². The largest absolute Gasteiger partial charge is 0.489 e. The molecule has 0 aliphatic heterocycles. The fourth-order valence-electron chi connectivity index (χ4n) is 3.08. The van der Waals surface area contributed by atoms with Crippen molar-refractivity contribution >= 4 is 28.1 Å². The Morgan fingerprint density at radius 1 is 1.07 bits per heavy atom. The van der Waals surface area contributed by atoms with Crippen molar-refractivity contribution in [3.8, 4) is 5.75 Å². The van der Waals surface area contributed by atoms with Crippen molar-refractivity contribution in [2.45, 2.75) is 84.0 Å². The van der Waals surface area contributed by atoms with Crippen molar-refractivity contribution in [2.24, 2.45) is 5.10 Å². The molecule has 0 fully saturated rings. The third kappa shape index (κ3) is 13.3. The van der Waals surface area contributed by atoms with Gasteiger partial charge in [0.05, 0.1) is 6.21 Å². The SMILES string of the molecule is C=CCOc1ccc(Br)cc1/C=N/NC(=O)CCCCCCCCCCCCC. The lowest BCUT2D eigenvalue weighted by molar-refractivity contribution is -0.121. The van der Waals surface area contributed by atoms with Crippen LogP contribution in [0.15, 0.2) is 40.4 Å². The van der Waals surface area contributed by atoms with E-state index in [9.17, 15) is 4.79 Å². The van der Waals surface area contributed by atoms with E-state index < -0.39 is 0 Å². The molecule has 0 atom stereocenters. The number of rotatable bonds is 17. The number of hydrazone groups is 1. The van der Waals surface area contributed by atoms with Crippen LogP contribution in [0.5, 0.6) is 5.75 Å². The molecule has 29 heavy (non-hydrogen) atoms. The predicted molar refractivity (Wildman–Crippen MR) is 127 cm³/mol. The maximum absolute atomic E-state index is 11.9. The van der Waals surface area contributed by atoms with Crippen LogP contribution in [0.1, 0.15) is 89.5 Å². The molecule has 0 saturated heterocycles. The fraction of sp³-hybridized carbons (Fsp3) is 0.583. The van der Waals surface area contributed by atoms with Crippen LogP contribution in [0, 0.1) is 0 Å². The molecule has 0 heterocycles. The fourth-order valence-corrected chi connectivity index (χ4v) is 3.46. The van der Waals surface area contributed by atoms with E-state index >= 15 is 0 Å². The van der Waals surface area contributed by atoms with Crippen LogP contribution in [-0.4, -0.2) is 18.7 Å². The van der Waals surface area contributed by atoms with Crippen LogP contribution < -0.4 is 10.2 Å². The summed E-state index contributed by atoms with van der Waals surface area (Å²) < 4.78 is 6.53. The first-order chi connectivity index (χ1) is 14.2. The van der Waals surface area contributed by atoms with Gasteiger partial charge in [0.25, 0.3) is 0 Å². The number of nitrogens with zero attached hydrogens (tertiary/aromatic N) is 1. The number of halogens is 1. The Bertz CT molecular complexity index is 617. The second-order valence-corrected chi connectivity index (χ2v) is 8.28. The third-order valence-corrected chi connectivity index (χ3v) is 5.22. The van der Waals surface area contributed by atoms with Crippen LogP contribution >= 0.6 is 15.9 Å². The molecule has 0 aliphatic carbocycles. The highest BCUT2D eigenvalue weighted by molar-refractivity contribution is 9.10. The first-order valence-corrected chi connectivity index (χ1v) is 11.8. The summed E-state index contributed by atoms with van der Waals surface area (Å²) in [6.45, 7) is 6.33. The van der Waals surface area contributed by atoms with Gasteiger partial charge in [0.15, 0.2) is 0 Å². The Morgan fingerprint density at radius 2 is 1.69 bits per heavy atom. The molecule has 0 spiro atoms. The molecule has 0 bridgehead atoms. The number of carbonyl (C=O) groups excluding carboxylic acids is 1. The van der Waals surface area contributed by atoms with Gasteiger partial charge in [-0.1, -0.05) is 99.7 Å². The number of unbranched alkanes of at least 4 members (excludes halogenated alkanes) is 10. The maximum atomic E-state index is 11.9. The van der Waals surface area contributed by atoms with E-state index in [4.69, 9.17) is 4.74 Å². The summed E-state index contributed by atoms with van der Waals surface area (Å²) >= 11 is 3.44. The molecule has 0 aromatic heterocycles. The Morgan fingerprint density at radius 3 is 2.31 bits per heavy atom. The van der Waals surface area contributed by atoms with Gasteiger partial charge in [-0.3, -0.25) is 4.79 Å². The van der Waals surface area contributed by atoms with Gasteiger partial charge in [0.1, 0.15) is 12.4 Å². The number of nitrogens with one attached hydrogen (secondary N) is 1. The van der Waals surface area contributed by atoms with E-state index in [1.165, 1.54) is 57.8 Å². The average Bonchev–Trinajstić information content (AvgIpc) is 2.71. The summed E-state index contributed by atoms with van der Waals surface area (Å²) in [7, 11) is 0. The van der Waals surface area contributed by atoms with Crippen molar-refractivity contribution in [3.63, 3.8) is 0 Å². The summed E-state index contributed by atoms with van der Waals surface area (Å²) in [6.07, 6.45) is 17.9. The van der Waals surface area contributed by atoms with E-state index in [0.29, 0.717) is 18.8 Å². The second-order valence-electron chi connectivity index (χ2n) is 7.36. The van der Waals surface area contributed by atoms with Crippen LogP contribution in [0.4, 0.5) is 0 Å². The molecule has 4 nitrogen and oxygen atoms in total. The highest BCUT2D eigenvalue weighted by Gasteiger charge is 2.03. The molecule has 0 aliphatic rings. The Labute approximate surface area is 185 Å². The summed E-state index contributed by atoms with van der Waals surface area (Å²) in [6, 6.07) is 5.67. The van der Waals surface area contributed by atoms with Crippen molar-refractivity contribution < 1.29 is 9.53 Å². The molecule has 1 aromatic rings. The highest BCUT2D eigenvalue weighted by Crippen LogP contribution is 2.21. The topological polar surface area (TPSA) is 50.7 Å². The molecule has 0 saturated carbocycles. The zero-order chi connectivity index (χ0) is 21.2. The molecular formula is C24H37BrN2O2. The van der Waals surface area contributed by atoms with Crippen LogP contribution in [0.25, 0.3) is 0 Å². The number of carbonyl (C=O) groups is 1. The Hall–Kier alpha value is -1.62. The number of amides is 1. The standard InChI is InChI=1S/C24H37BrN2O2/c1-3-5-6-7-8-9-10-11-12-13-14-15-24(28)27-26-20-21-19-22(25)16-17-23(21)29-18-4-2/h4,16-17,19-20H,2-3,5-15,18H2,1H3,(H,27,28)/b26-20+. The van der Waals surface area contributed by atoms with Crippen LogP contribution in [0.2, 0.25) is 0 Å². The van der Waals surface area contributed by atoms with E-state index in [1.54, 1.807) is 12.3 Å². The van der Waals surface area contributed by atoms with Crippen molar-refractivity contribution in [1.82, 2.24) is 5.43 Å². The molecule has 1 rings (SSSR count). The van der Waals surface area contributed by atoms with Gasteiger partial charge in [-0.25, -0.2) is 5.43 Å². The van der Waals surface area contributed by atoms with E-state index in [-0.39, 0.29) is 5.91 Å². The highest BCUT2D eigenvalue weighted by atomic mass is 79.9. The number of benzene rings is 1. The first-order valence-electron chi connectivity index (χ1n) is 11.0. The second kappa shape index (κ2) is 17.3. The van der Waals surface area contributed by atoms with Crippen LogP contribution in [-0.2, 0) is 4.79 Å². The minimum Gasteiger partial charge on any atom is -0.489 e. The van der Waals surface area contributed by atoms with Gasteiger partial charge in [0.2, 0.25) is 5.91 Å². The monoisotopic (exact) mass is 464 g/mol. The quantitative estimate of drug-likeness (QED) is 0.115. The van der Waals surface area contributed by atoms with E-state index in [0.717, 1.165) is 22.9 Å². The molecule has 162 valence electrons. The number of hydrogen-bond acceptors (Lipinski definition) is 3. The maximum Gasteiger partial charge on any atom is 0.240 e. The predicted octanol–water partition coefficient (Wildman–Crippen LogP) is 7.17. The molecule has 0 unspecified atom stereocenters. The third-order valence-electron chi connectivity index (χ3n) is 4.73. The lowest BCUT2D eigenvalue weighted by Crippen LogP contribution is -2.17. The Balaban J connectivity index is 2.14. The molecule has 1 N–H and O–H groups in total. The van der Waals surface area contributed by atoms with Crippen molar-refractivity contribution in [3.05, 3.63) is 40.9 Å². The first kappa shape index (κ1) is 25.4. The van der Waals surface area contributed by atoms with Gasteiger partial charge in [-0.05, 0) is 24.6 Å². The van der Waals surface area contributed by atoms with Gasteiger partial charge in [0, 0.05) is 16.5 Å². The summed E-state index contributed by atoms with van der Waals surface area (Å²) in [5.41, 5.74) is 3.41. The summed E-state index contributed by atoms with van der Waals surface area (Å²) in [4.78, 5) is 11.9. The van der Waals surface area contributed by atoms with E-state index in [1.807, 2.05) is 18.2 Å². The minimum absolute atomic E-state index is 0.0410. The molecular weight excluding hydrogens is 428 g/mol. The minimum atomic E-state index is -0.0410. The van der Waals surface area contributed by atoms with Crippen molar-refractivity contribution in [1.29, 1.82) is 0 Å². The van der Waals surface area contributed by atoms with Gasteiger partial charge in [-0.15, -0.1) is 0 Å². The smallest absolute Gasteiger partial charge is 0.240 e. The van der Waals surface area contributed by atoms with Crippen molar-refractivity contribution in [2.75, 3.05) is 6.61 Å². The lowest BCUT2D eigenvalue weighted by Gasteiger charge is -2.07. The number of ether oxygens (including phenoxy) is 1. The molecule has 5 heteroatoms. The molecule has 1 amide bonds. The normalized spacial score (nSPS) is 11.0.